The fourth-order valence-electron chi connectivity index (χ4n) is 2.43. The van der Waals surface area contributed by atoms with E-state index in [1.54, 1.807) is 37.9 Å². The van der Waals surface area contributed by atoms with Crippen LogP contribution in [-0.4, -0.2) is 29.7 Å². The Balaban J connectivity index is 2.84. The molecule has 26 heavy (non-hydrogen) atoms. The molecule has 0 fully saturated rings. The summed E-state index contributed by atoms with van der Waals surface area (Å²) in [6.45, 7) is 5.24. The van der Waals surface area contributed by atoms with Gasteiger partial charge in [-0.2, -0.15) is 0 Å². The Labute approximate surface area is 151 Å². The van der Waals surface area contributed by atoms with Crippen LogP contribution in [0.4, 0.5) is 4.39 Å². The molecule has 1 aromatic carbocycles. The smallest absolute Gasteiger partial charge is 0.274 e. The lowest BCUT2D eigenvalue weighted by Gasteiger charge is -2.09. The van der Waals surface area contributed by atoms with Gasteiger partial charge in [0.15, 0.2) is 9.84 Å². The Hall–Kier alpha value is -2.74. The van der Waals surface area contributed by atoms with E-state index in [9.17, 15) is 17.6 Å². The van der Waals surface area contributed by atoms with Crippen molar-refractivity contribution in [3.63, 3.8) is 0 Å². The molecule has 0 unspecified atom stereocenters. The molecule has 1 heterocycles. The maximum absolute atomic E-state index is 13.3. The Morgan fingerprint density at radius 2 is 1.77 bits per heavy atom. The van der Waals surface area contributed by atoms with Crippen LogP contribution in [0.1, 0.15) is 12.6 Å². The van der Waals surface area contributed by atoms with Crippen molar-refractivity contribution in [1.82, 2.24) is 9.36 Å². The lowest BCUT2D eigenvalue weighted by Crippen LogP contribution is -2.18. The largest absolute Gasteiger partial charge is 0.283 e. The van der Waals surface area contributed by atoms with Crippen molar-refractivity contribution in [1.29, 1.82) is 0 Å². The molecular formula is C18H20FN3O3S. The maximum Gasteiger partial charge on any atom is 0.274 e. The van der Waals surface area contributed by atoms with Crippen LogP contribution in [0.15, 0.2) is 57.8 Å². The zero-order valence-corrected chi connectivity index (χ0v) is 15.8. The van der Waals surface area contributed by atoms with E-state index in [4.69, 9.17) is 0 Å². The summed E-state index contributed by atoms with van der Waals surface area (Å²) in [6, 6.07) is 5.50. The number of hydrogen-bond donors (Lipinski definition) is 0. The number of allylic oxidation sites excluding steroid dienone is 2. The number of nitrogens with zero attached hydrogens (tertiary/aromatic N) is 3. The summed E-state index contributed by atoms with van der Waals surface area (Å²) in [5.74, 6) is -0.421. The third kappa shape index (κ3) is 3.75. The quantitative estimate of drug-likeness (QED) is 0.751. The second-order valence-electron chi connectivity index (χ2n) is 5.75. The van der Waals surface area contributed by atoms with Gasteiger partial charge in [0, 0.05) is 20.4 Å². The van der Waals surface area contributed by atoms with Crippen molar-refractivity contribution >= 4 is 15.5 Å². The molecule has 0 radical (unpaired) electrons. The minimum Gasteiger partial charge on any atom is -0.283 e. The number of hydrogen-bond acceptors (Lipinski definition) is 4. The van der Waals surface area contributed by atoms with Crippen LogP contribution in [0.2, 0.25) is 0 Å². The topological polar surface area (TPSA) is 73.4 Å². The standard InChI is InChI=1S/C18H20FN3O3S/c1-6-7-15(20-12(2)26(5,24)25)17-16(18(23)22(4)21(17)3)13-8-10-14(19)11-9-13/h6-11H,2H2,1,3-5H3/b7-6-,20-15+. The molecule has 0 saturated heterocycles. The van der Waals surface area contributed by atoms with E-state index in [-0.39, 0.29) is 16.3 Å². The minimum absolute atomic E-state index is 0.266. The molecule has 0 aliphatic rings. The third-order valence-electron chi connectivity index (χ3n) is 3.89. The van der Waals surface area contributed by atoms with Crippen LogP contribution in [0.25, 0.3) is 11.1 Å². The number of halogens is 1. The Morgan fingerprint density at radius 3 is 2.27 bits per heavy atom. The Kier molecular flexibility index (Phi) is 5.46. The van der Waals surface area contributed by atoms with Gasteiger partial charge in [0.25, 0.3) is 5.56 Å². The van der Waals surface area contributed by atoms with Crippen LogP contribution in [0.5, 0.6) is 0 Å². The lowest BCUT2D eigenvalue weighted by molar-refractivity contribution is 0.576. The van der Waals surface area contributed by atoms with Crippen LogP contribution in [0, 0.1) is 5.82 Å². The minimum atomic E-state index is -3.58. The molecule has 8 heteroatoms. The maximum atomic E-state index is 13.3. The summed E-state index contributed by atoms with van der Waals surface area (Å²) < 4.78 is 39.6. The number of aliphatic imine (C=N–C) groups is 1. The normalized spacial score (nSPS) is 12.7. The van der Waals surface area contributed by atoms with Gasteiger partial charge < -0.3 is 0 Å². The van der Waals surface area contributed by atoms with Gasteiger partial charge in [-0.1, -0.05) is 24.8 Å². The predicted octanol–water partition coefficient (Wildman–Crippen LogP) is 2.41. The SMILES string of the molecule is C=C(/N=C(\C=C/C)c1c(-c2ccc(F)cc2)c(=O)n(C)n1C)S(C)(=O)=O. The first-order chi connectivity index (χ1) is 12.1. The highest BCUT2D eigenvalue weighted by atomic mass is 32.2. The Bertz CT molecular complexity index is 1070. The van der Waals surface area contributed by atoms with Crippen molar-refractivity contribution in [2.45, 2.75) is 6.92 Å². The molecule has 6 nitrogen and oxygen atoms in total. The summed E-state index contributed by atoms with van der Waals surface area (Å²) in [7, 11) is -0.343. The van der Waals surface area contributed by atoms with Gasteiger partial charge in [0.05, 0.1) is 17.0 Å². The summed E-state index contributed by atoms with van der Waals surface area (Å²) >= 11 is 0. The fourth-order valence-corrected chi connectivity index (χ4v) is 2.69. The van der Waals surface area contributed by atoms with Crippen LogP contribution >= 0.6 is 0 Å². The van der Waals surface area contributed by atoms with Gasteiger partial charge in [0.2, 0.25) is 0 Å². The molecule has 0 N–H and O–H groups in total. The van der Waals surface area contributed by atoms with Crippen molar-refractivity contribution in [2.75, 3.05) is 6.26 Å². The molecule has 0 aliphatic heterocycles. The van der Waals surface area contributed by atoms with Crippen LogP contribution in [0.3, 0.4) is 0 Å². The molecule has 0 amide bonds. The summed E-state index contributed by atoms with van der Waals surface area (Å²) in [6.07, 6.45) is 4.29. The van der Waals surface area contributed by atoms with E-state index in [2.05, 4.69) is 11.6 Å². The van der Waals surface area contributed by atoms with Crippen molar-refractivity contribution in [2.24, 2.45) is 19.1 Å². The molecule has 0 spiro atoms. The van der Waals surface area contributed by atoms with E-state index < -0.39 is 15.7 Å². The fraction of sp³-hybridized carbons (Fsp3) is 0.222. The molecule has 138 valence electrons. The molecule has 2 rings (SSSR count). The Morgan fingerprint density at radius 1 is 1.19 bits per heavy atom. The monoisotopic (exact) mass is 377 g/mol. The predicted molar refractivity (Wildman–Crippen MR) is 101 cm³/mol. The molecule has 0 aliphatic carbocycles. The van der Waals surface area contributed by atoms with Crippen LogP contribution < -0.4 is 5.56 Å². The van der Waals surface area contributed by atoms with Gasteiger partial charge in [-0.15, -0.1) is 0 Å². The van der Waals surface area contributed by atoms with E-state index in [0.29, 0.717) is 16.8 Å². The average molecular weight is 377 g/mol. The van der Waals surface area contributed by atoms with Gasteiger partial charge in [0.1, 0.15) is 10.8 Å². The first-order valence-electron chi connectivity index (χ1n) is 7.70. The van der Waals surface area contributed by atoms with Crippen molar-refractivity contribution in [3.05, 3.63) is 69.9 Å². The molecule has 2 aromatic rings. The molecule has 0 saturated carbocycles. The molecule has 0 bridgehead atoms. The summed E-state index contributed by atoms with van der Waals surface area (Å²) in [5.41, 5.74) is 1.17. The number of sulfone groups is 1. The van der Waals surface area contributed by atoms with Gasteiger partial charge in [-0.05, 0) is 30.7 Å². The molecule has 0 atom stereocenters. The zero-order valence-electron chi connectivity index (χ0n) is 15.0. The zero-order chi connectivity index (χ0) is 19.6. The highest BCUT2D eigenvalue weighted by Crippen LogP contribution is 2.23. The van der Waals surface area contributed by atoms with E-state index in [1.165, 1.54) is 28.9 Å². The van der Waals surface area contributed by atoms with E-state index in [1.807, 2.05) is 0 Å². The van der Waals surface area contributed by atoms with Crippen LogP contribution in [-0.2, 0) is 23.9 Å². The van der Waals surface area contributed by atoms with Crippen molar-refractivity contribution < 1.29 is 12.8 Å². The van der Waals surface area contributed by atoms with E-state index >= 15 is 0 Å². The molecule has 1 aromatic heterocycles. The first kappa shape index (κ1) is 19.6. The average Bonchev–Trinajstić information content (AvgIpc) is 2.78. The highest BCUT2D eigenvalue weighted by Gasteiger charge is 2.22. The third-order valence-corrected chi connectivity index (χ3v) is 4.84. The first-order valence-corrected chi connectivity index (χ1v) is 9.59. The van der Waals surface area contributed by atoms with Crippen molar-refractivity contribution in [3.8, 4) is 11.1 Å². The second-order valence-corrected chi connectivity index (χ2v) is 7.76. The number of benzene rings is 1. The number of rotatable bonds is 5. The van der Waals surface area contributed by atoms with Gasteiger partial charge in [-0.25, -0.2) is 17.8 Å². The summed E-state index contributed by atoms with van der Waals surface area (Å²) in [4.78, 5) is 16.8. The van der Waals surface area contributed by atoms with Gasteiger partial charge >= 0.3 is 0 Å². The summed E-state index contributed by atoms with van der Waals surface area (Å²) in [5, 5.41) is -0.313. The lowest BCUT2D eigenvalue weighted by atomic mass is 10.0. The van der Waals surface area contributed by atoms with Gasteiger partial charge in [-0.3, -0.25) is 14.2 Å². The molecular weight excluding hydrogens is 357 g/mol. The second kappa shape index (κ2) is 7.25. The highest BCUT2D eigenvalue weighted by molar-refractivity contribution is 7.94. The number of aromatic nitrogens is 2. The van der Waals surface area contributed by atoms with E-state index in [0.717, 1.165) is 6.26 Å².